The number of nitrogens with one attached hydrogen (secondary N) is 1. The van der Waals surface area contributed by atoms with Crippen molar-refractivity contribution in [3.05, 3.63) is 24.3 Å². The zero-order valence-corrected chi connectivity index (χ0v) is 12.7. The Balaban J connectivity index is 1.98. The number of sulfonamides is 1. The number of hydrogen-bond acceptors (Lipinski definition) is 5. The molecule has 1 saturated heterocycles. The Hall–Kier alpha value is -1.60. The van der Waals surface area contributed by atoms with E-state index in [1.807, 2.05) is 6.92 Å². The van der Waals surface area contributed by atoms with Gasteiger partial charge in [0.15, 0.2) is 0 Å². The molecule has 0 saturated carbocycles. The maximum Gasteiger partial charge on any atom is 0.264 e. The molecule has 1 aromatic carbocycles. The molecule has 7 heteroatoms. The Kier molecular flexibility index (Phi) is 5.19. The second-order valence-electron chi connectivity index (χ2n) is 4.77. The summed E-state index contributed by atoms with van der Waals surface area (Å²) in [4.78, 5) is 11.8. The van der Waals surface area contributed by atoms with E-state index in [2.05, 4.69) is 4.72 Å². The first-order chi connectivity index (χ1) is 10.0. The largest absolute Gasteiger partial charge is 0.494 e. The highest BCUT2D eigenvalue weighted by Crippen LogP contribution is 2.17. The predicted octanol–water partition coefficient (Wildman–Crippen LogP) is 1.46. The lowest BCUT2D eigenvalue weighted by molar-refractivity contribution is -0.121. The summed E-state index contributed by atoms with van der Waals surface area (Å²) in [6.45, 7) is 2.98. The van der Waals surface area contributed by atoms with Gasteiger partial charge in [0.25, 0.3) is 10.0 Å². The maximum atomic E-state index is 12.1. The van der Waals surface area contributed by atoms with Crippen molar-refractivity contribution in [3.63, 3.8) is 0 Å². The smallest absolute Gasteiger partial charge is 0.264 e. The molecular weight excluding hydrogens is 294 g/mol. The number of amides is 1. The number of carbonyl (C=O) groups is 1. The molecule has 116 valence electrons. The number of hydrogen-bond donors (Lipinski definition) is 1. The van der Waals surface area contributed by atoms with Crippen LogP contribution in [0, 0.1) is 0 Å². The summed E-state index contributed by atoms with van der Waals surface area (Å²) in [6.07, 6.45) is 1.58. The van der Waals surface area contributed by atoms with Crippen molar-refractivity contribution < 1.29 is 22.7 Å². The molecule has 1 fully saturated rings. The van der Waals surface area contributed by atoms with Crippen LogP contribution in [0.2, 0.25) is 0 Å². The topological polar surface area (TPSA) is 81.7 Å². The second-order valence-corrected chi connectivity index (χ2v) is 6.45. The van der Waals surface area contributed by atoms with Gasteiger partial charge in [0.2, 0.25) is 5.91 Å². The molecule has 6 nitrogen and oxygen atoms in total. The molecule has 1 heterocycles. The summed E-state index contributed by atoms with van der Waals surface area (Å²) in [5.74, 6) is 0.0397. The first-order valence-electron chi connectivity index (χ1n) is 6.91. The molecule has 1 N–H and O–H groups in total. The Labute approximate surface area is 124 Å². The summed E-state index contributed by atoms with van der Waals surface area (Å²) >= 11 is 0. The zero-order chi connectivity index (χ0) is 15.3. The SMILES string of the molecule is CCOc1ccc(S(=O)(=O)NC(=O)C[C@H]2CCCO2)cc1. The lowest BCUT2D eigenvalue weighted by Crippen LogP contribution is -2.32. The maximum absolute atomic E-state index is 12.1. The van der Waals surface area contributed by atoms with E-state index in [0.717, 1.165) is 12.8 Å². The van der Waals surface area contributed by atoms with E-state index in [9.17, 15) is 13.2 Å². The van der Waals surface area contributed by atoms with Crippen LogP contribution < -0.4 is 9.46 Å². The second kappa shape index (κ2) is 6.91. The van der Waals surface area contributed by atoms with E-state index in [1.54, 1.807) is 12.1 Å². The van der Waals surface area contributed by atoms with Crippen molar-refractivity contribution in [1.82, 2.24) is 4.72 Å². The molecule has 1 amide bonds. The number of benzene rings is 1. The highest BCUT2D eigenvalue weighted by molar-refractivity contribution is 7.90. The van der Waals surface area contributed by atoms with Crippen LogP contribution in [0.5, 0.6) is 5.75 Å². The fourth-order valence-corrected chi connectivity index (χ4v) is 3.14. The molecule has 1 aromatic rings. The molecular formula is C14H19NO5S. The minimum absolute atomic E-state index is 0.0339. The Morgan fingerprint density at radius 1 is 1.38 bits per heavy atom. The van der Waals surface area contributed by atoms with Gasteiger partial charge in [0, 0.05) is 6.61 Å². The minimum atomic E-state index is -3.84. The van der Waals surface area contributed by atoms with E-state index >= 15 is 0 Å². The predicted molar refractivity (Wildman–Crippen MR) is 76.5 cm³/mol. The average molecular weight is 313 g/mol. The monoisotopic (exact) mass is 313 g/mol. The molecule has 0 aliphatic carbocycles. The van der Waals surface area contributed by atoms with Crippen LogP contribution in [0.15, 0.2) is 29.2 Å². The van der Waals surface area contributed by atoms with Gasteiger partial charge in [-0.15, -0.1) is 0 Å². The summed E-state index contributed by atoms with van der Waals surface area (Å²) in [6, 6.07) is 5.94. The first kappa shape index (κ1) is 15.8. The van der Waals surface area contributed by atoms with Crippen molar-refractivity contribution in [2.45, 2.75) is 37.2 Å². The van der Waals surface area contributed by atoms with E-state index in [0.29, 0.717) is 19.0 Å². The molecule has 21 heavy (non-hydrogen) atoms. The number of ether oxygens (including phenoxy) is 2. The van der Waals surface area contributed by atoms with Crippen LogP contribution in [0.3, 0.4) is 0 Å². The van der Waals surface area contributed by atoms with Crippen LogP contribution in [0.25, 0.3) is 0 Å². The molecule has 0 radical (unpaired) electrons. The highest BCUT2D eigenvalue weighted by Gasteiger charge is 2.23. The van der Waals surface area contributed by atoms with Gasteiger partial charge >= 0.3 is 0 Å². The summed E-state index contributed by atoms with van der Waals surface area (Å²) in [7, 11) is -3.84. The van der Waals surface area contributed by atoms with Gasteiger partial charge in [-0.25, -0.2) is 13.1 Å². The van der Waals surface area contributed by atoms with Crippen molar-refractivity contribution in [2.75, 3.05) is 13.2 Å². The summed E-state index contributed by atoms with van der Waals surface area (Å²) < 4.78 is 36.8. The van der Waals surface area contributed by atoms with Crippen LogP contribution >= 0.6 is 0 Å². The van der Waals surface area contributed by atoms with E-state index in [-0.39, 0.29) is 17.4 Å². The van der Waals surface area contributed by atoms with E-state index in [1.165, 1.54) is 12.1 Å². The Morgan fingerprint density at radius 2 is 2.10 bits per heavy atom. The standard InChI is InChI=1S/C14H19NO5S/c1-2-19-11-5-7-13(8-6-11)21(17,18)15-14(16)10-12-4-3-9-20-12/h5-8,12H,2-4,9-10H2,1H3,(H,15,16)/t12-/m1/s1. The van der Waals surface area contributed by atoms with Gasteiger partial charge in [-0.2, -0.15) is 0 Å². The van der Waals surface area contributed by atoms with Gasteiger partial charge < -0.3 is 9.47 Å². The summed E-state index contributed by atoms with van der Waals surface area (Å²) in [5, 5.41) is 0. The van der Waals surface area contributed by atoms with Gasteiger partial charge in [0.05, 0.1) is 24.0 Å². The molecule has 0 aromatic heterocycles. The molecule has 1 aliphatic rings. The van der Waals surface area contributed by atoms with Crippen molar-refractivity contribution in [3.8, 4) is 5.75 Å². The Morgan fingerprint density at radius 3 is 2.67 bits per heavy atom. The third kappa shape index (κ3) is 4.44. The Bertz CT molecular complexity index is 576. The fourth-order valence-electron chi connectivity index (χ4n) is 2.14. The highest BCUT2D eigenvalue weighted by atomic mass is 32.2. The first-order valence-corrected chi connectivity index (χ1v) is 8.39. The van der Waals surface area contributed by atoms with Crippen molar-refractivity contribution in [1.29, 1.82) is 0 Å². The number of carbonyl (C=O) groups excluding carboxylic acids is 1. The van der Waals surface area contributed by atoms with Gasteiger partial charge in [-0.1, -0.05) is 0 Å². The van der Waals surface area contributed by atoms with Gasteiger partial charge in [0.1, 0.15) is 5.75 Å². The molecule has 0 unspecified atom stereocenters. The normalized spacial score (nSPS) is 18.4. The molecule has 0 spiro atoms. The van der Waals surface area contributed by atoms with Crippen LogP contribution in [0.4, 0.5) is 0 Å². The van der Waals surface area contributed by atoms with E-state index < -0.39 is 15.9 Å². The third-order valence-corrected chi connectivity index (χ3v) is 4.52. The molecule has 1 aliphatic heterocycles. The van der Waals surface area contributed by atoms with Crippen LogP contribution in [-0.4, -0.2) is 33.6 Å². The summed E-state index contributed by atoms with van der Waals surface area (Å²) in [5.41, 5.74) is 0. The lowest BCUT2D eigenvalue weighted by atomic mass is 10.2. The van der Waals surface area contributed by atoms with Crippen LogP contribution in [-0.2, 0) is 19.6 Å². The molecule has 0 bridgehead atoms. The van der Waals surface area contributed by atoms with Crippen LogP contribution in [0.1, 0.15) is 26.2 Å². The van der Waals surface area contributed by atoms with Crippen molar-refractivity contribution in [2.24, 2.45) is 0 Å². The average Bonchev–Trinajstić information content (AvgIpc) is 2.92. The third-order valence-electron chi connectivity index (χ3n) is 3.13. The lowest BCUT2D eigenvalue weighted by Gasteiger charge is -2.11. The zero-order valence-electron chi connectivity index (χ0n) is 11.9. The van der Waals surface area contributed by atoms with E-state index in [4.69, 9.17) is 9.47 Å². The van der Waals surface area contributed by atoms with Crippen molar-refractivity contribution >= 4 is 15.9 Å². The fraction of sp³-hybridized carbons (Fsp3) is 0.500. The minimum Gasteiger partial charge on any atom is -0.494 e. The van der Waals surface area contributed by atoms with Gasteiger partial charge in [-0.3, -0.25) is 4.79 Å². The molecule has 2 rings (SSSR count). The number of rotatable bonds is 6. The van der Waals surface area contributed by atoms with Gasteiger partial charge in [-0.05, 0) is 44.0 Å². The molecule has 1 atom stereocenters. The quantitative estimate of drug-likeness (QED) is 0.860.